The molecule has 1 aromatic carbocycles. The van der Waals surface area contributed by atoms with E-state index in [1.807, 2.05) is 30.3 Å². The van der Waals surface area contributed by atoms with Gasteiger partial charge in [-0.2, -0.15) is 0 Å². The zero-order valence-corrected chi connectivity index (χ0v) is 12.4. The molecule has 1 aliphatic carbocycles. The Kier molecular flexibility index (Phi) is 4.46. The number of esters is 2. The van der Waals surface area contributed by atoms with Gasteiger partial charge in [-0.15, -0.1) is 6.58 Å². The summed E-state index contributed by atoms with van der Waals surface area (Å²) in [5.41, 5.74) is -0.176. The first-order valence-electron chi connectivity index (χ1n) is 6.94. The molecule has 0 aromatic heterocycles. The first-order chi connectivity index (χ1) is 10.1. The predicted molar refractivity (Wildman–Crippen MR) is 78.6 cm³/mol. The number of rotatable bonds is 4. The van der Waals surface area contributed by atoms with Crippen LogP contribution in [0.15, 0.2) is 43.0 Å². The average molecular weight is 288 g/mol. The van der Waals surface area contributed by atoms with E-state index in [1.165, 1.54) is 14.2 Å². The Hall–Kier alpha value is -2.10. The molecule has 0 saturated heterocycles. The number of hydrogen-bond acceptors (Lipinski definition) is 4. The molecule has 112 valence electrons. The minimum atomic E-state index is -1.29. The van der Waals surface area contributed by atoms with E-state index in [2.05, 4.69) is 6.58 Å². The fraction of sp³-hybridized carbons (Fsp3) is 0.412. The zero-order chi connectivity index (χ0) is 15.5. The van der Waals surface area contributed by atoms with Gasteiger partial charge in [0.2, 0.25) is 0 Å². The number of carbonyl (C=O) groups excluding carboxylic acids is 2. The smallest absolute Gasteiger partial charge is 0.323 e. The summed E-state index contributed by atoms with van der Waals surface area (Å²) in [5, 5.41) is 0. The van der Waals surface area contributed by atoms with Crippen molar-refractivity contribution in [2.45, 2.75) is 18.8 Å². The Bertz CT molecular complexity index is 519. The second-order valence-electron chi connectivity index (χ2n) is 5.34. The minimum absolute atomic E-state index is 0.104. The van der Waals surface area contributed by atoms with E-state index in [9.17, 15) is 9.59 Å². The summed E-state index contributed by atoms with van der Waals surface area (Å²) in [4.78, 5) is 24.6. The van der Waals surface area contributed by atoms with Crippen molar-refractivity contribution in [3.05, 3.63) is 48.6 Å². The fourth-order valence-corrected chi connectivity index (χ4v) is 3.32. The average Bonchev–Trinajstić information content (AvgIpc) is 2.95. The van der Waals surface area contributed by atoms with Crippen LogP contribution in [0.1, 0.15) is 24.3 Å². The van der Waals surface area contributed by atoms with Crippen LogP contribution in [-0.4, -0.2) is 26.2 Å². The molecular formula is C17H20O4. The molecule has 0 N–H and O–H groups in total. The van der Waals surface area contributed by atoms with E-state index >= 15 is 0 Å². The lowest BCUT2D eigenvalue weighted by Gasteiger charge is -2.27. The molecule has 0 heterocycles. The van der Waals surface area contributed by atoms with Gasteiger partial charge < -0.3 is 9.47 Å². The molecule has 0 amide bonds. The molecule has 0 aliphatic heterocycles. The molecule has 0 unspecified atom stereocenters. The van der Waals surface area contributed by atoms with Crippen LogP contribution < -0.4 is 0 Å². The Morgan fingerprint density at radius 2 is 1.76 bits per heavy atom. The molecule has 0 radical (unpaired) electrons. The highest BCUT2D eigenvalue weighted by molar-refractivity contribution is 6.01. The third-order valence-electron chi connectivity index (χ3n) is 4.39. The van der Waals surface area contributed by atoms with Gasteiger partial charge in [0.05, 0.1) is 14.2 Å². The molecule has 2 rings (SSSR count). The number of benzene rings is 1. The van der Waals surface area contributed by atoms with E-state index < -0.39 is 17.4 Å². The molecule has 2 atom stereocenters. The maximum atomic E-state index is 12.3. The lowest BCUT2D eigenvalue weighted by atomic mass is 9.77. The van der Waals surface area contributed by atoms with E-state index in [1.54, 1.807) is 6.08 Å². The van der Waals surface area contributed by atoms with Crippen molar-refractivity contribution in [3.8, 4) is 0 Å². The van der Waals surface area contributed by atoms with Gasteiger partial charge in [0, 0.05) is 5.92 Å². The van der Waals surface area contributed by atoms with Gasteiger partial charge in [0.25, 0.3) is 0 Å². The summed E-state index contributed by atoms with van der Waals surface area (Å²) in [5.74, 6) is -1.27. The summed E-state index contributed by atoms with van der Waals surface area (Å²) >= 11 is 0. The molecular weight excluding hydrogens is 268 g/mol. The summed E-state index contributed by atoms with van der Waals surface area (Å²) in [6.07, 6.45) is 2.72. The van der Waals surface area contributed by atoms with E-state index in [0.29, 0.717) is 12.8 Å². The zero-order valence-electron chi connectivity index (χ0n) is 12.4. The number of carbonyl (C=O) groups is 2. The monoisotopic (exact) mass is 288 g/mol. The lowest BCUT2D eigenvalue weighted by Crippen LogP contribution is -2.43. The summed E-state index contributed by atoms with van der Waals surface area (Å²) in [7, 11) is 2.59. The number of methoxy groups -OCH3 is 2. The largest absolute Gasteiger partial charge is 0.468 e. The third-order valence-corrected chi connectivity index (χ3v) is 4.39. The van der Waals surface area contributed by atoms with Crippen molar-refractivity contribution in [2.24, 2.45) is 11.3 Å². The van der Waals surface area contributed by atoms with Crippen molar-refractivity contribution in [1.29, 1.82) is 0 Å². The lowest BCUT2D eigenvalue weighted by molar-refractivity contribution is -0.171. The van der Waals surface area contributed by atoms with Crippen molar-refractivity contribution in [3.63, 3.8) is 0 Å². The SMILES string of the molecule is C=C[C@@H]1C[C@H](c2ccccc2)CC1(C(=O)OC)C(=O)OC. The molecule has 1 aromatic rings. The van der Waals surface area contributed by atoms with Crippen molar-refractivity contribution in [2.75, 3.05) is 14.2 Å². The van der Waals surface area contributed by atoms with Gasteiger partial charge >= 0.3 is 11.9 Å². The molecule has 4 heteroatoms. The van der Waals surface area contributed by atoms with E-state index in [-0.39, 0.29) is 11.8 Å². The van der Waals surface area contributed by atoms with Gasteiger partial charge in [-0.25, -0.2) is 0 Å². The molecule has 0 spiro atoms. The minimum Gasteiger partial charge on any atom is -0.468 e. The summed E-state index contributed by atoms with van der Waals surface area (Å²) < 4.78 is 9.78. The maximum absolute atomic E-state index is 12.3. The molecule has 1 fully saturated rings. The van der Waals surface area contributed by atoms with Gasteiger partial charge in [0.1, 0.15) is 0 Å². The van der Waals surface area contributed by atoms with Gasteiger partial charge in [-0.05, 0) is 24.3 Å². The van der Waals surface area contributed by atoms with Gasteiger partial charge in [0.15, 0.2) is 5.41 Å². The van der Waals surface area contributed by atoms with E-state index in [4.69, 9.17) is 9.47 Å². The van der Waals surface area contributed by atoms with Crippen LogP contribution in [0.25, 0.3) is 0 Å². The first kappa shape index (κ1) is 15.3. The predicted octanol–water partition coefficient (Wildman–Crippen LogP) is 2.70. The van der Waals surface area contributed by atoms with Crippen LogP contribution in [0.3, 0.4) is 0 Å². The Morgan fingerprint density at radius 1 is 1.19 bits per heavy atom. The van der Waals surface area contributed by atoms with Crippen molar-refractivity contribution in [1.82, 2.24) is 0 Å². The van der Waals surface area contributed by atoms with Crippen LogP contribution >= 0.6 is 0 Å². The Balaban J connectivity index is 2.42. The highest BCUT2D eigenvalue weighted by Gasteiger charge is 2.59. The second kappa shape index (κ2) is 6.12. The standard InChI is InChI=1S/C17H20O4/c1-4-14-10-13(12-8-6-5-7-9-12)11-17(14,15(18)20-2)16(19)21-3/h4-9,13-14H,1,10-11H2,2-3H3/t13-,14+/m0/s1. The van der Waals surface area contributed by atoms with Crippen LogP contribution in [0.4, 0.5) is 0 Å². The molecule has 1 aliphatic rings. The topological polar surface area (TPSA) is 52.6 Å². The Morgan fingerprint density at radius 3 is 2.24 bits per heavy atom. The van der Waals surface area contributed by atoms with Crippen LogP contribution in [0.2, 0.25) is 0 Å². The summed E-state index contributed by atoms with van der Waals surface area (Å²) in [6, 6.07) is 9.87. The first-order valence-corrected chi connectivity index (χ1v) is 6.94. The normalized spacial score (nSPS) is 23.3. The van der Waals surface area contributed by atoms with Crippen molar-refractivity contribution >= 4 is 11.9 Å². The highest BCUT2D eigenvalue weighted by Crippen LogP contribution is 2.52. The fourth-order valence-electron chi connectivity index (χ4n) is 3.32. The van der Waals surface area contributed by atoms with Gasteiger partial charge in [-0.1, -0.05) is 36.4 Å². The number of ether oxygens (including phenoxy) is 2. The van der Waals surface area contributed by atoms with Crippen LogP contribution in [-0.2, 0) is 19.1 Å². The number of allylic oxidation sites excluding steroid dienone is 1. The van der Waals surface area contributed by atoms with Crippen LogP contribution in [0, 0.1) is 11.3 Å². The number of hydrogen-bond donors (Lipinski definition) is 0. The molecule has 1 saturated carbocycles. The maximum Gasteiger partial charge on any atom is 0.323 e. The van der Waals surface area contributed by atoms with Gasteiger partial charge in [-0.3, -0.25) is 9.59 Å². The van der Waals surface area contributed by atoms with Crippen molar-refractivity contribution < 1.29 is 19.1 Å². The third kappa shape index (κ3) is 2.46. The Labute approximate surface area is 124 Å². The second-order valence-corrected chi connectivity index (χ2v) is 5.34. The molecule has 4 nitrogen and oxygen atoms in total. The molecule has 21 heavy (non-hydrogen) atoms. The quantitative estimate of drug-likeness (QED) is 0.485. The molecule has 0 bridgehead atoms. The van der Waals surface area contributed by atoms with Crippen LogP contribution in [0.5, 0.6) is 0 Å². The summed E-state index contributed by atoms with van der Waals surface area (Å²) in [6.45, 7) is 3.78. The van der Waals surface area contributed by atoms with E-state index in [0.717, 1.165) is 5.56 Å². The highest BCUT2D eigenvalue weighted by atomic mass is 16.5.